The molecule has 1 atom stereocenters. The number of nitrogens with one attached hydrogen (secondary N) is 1. The second-order valence-electron chi connectivity index (χ2n) is 8.49. The van der Waals surface area contributed by atoms with E-state index in [1.165, 1.54) is 5.56 Å². The van der Waals surface area contributed by atoms with Crippen LogP contribution < -0.4 is 15.6 Å². The van der Waals surface area contributed by atoms with Crippen LogP contribution in [0.25, 0.3) is 16.6 Å². The first-order chi connectivity index (χ1) is 17.5. The highest BCUT2D eigenvalue weighted by molar-refractivity contribution is 5.91. The molecule has 1 unspecified atom stereocenters. The molecule has 4 rings (SSSR count). The van der Waals surface area contributed by atoms with Gasteiger partial charge < -0.3 is 15.0 Å². The Bertz CT molecular complexity index is 1410. The summed E-state index contributed by atoms with van der Waals surface area (Å²) in [7, 11) is 1.57. The van der Waals surface area contributed by atoms with Crippen molar-refractivity contribution >= 4 is 22.6 Å². The Morgan fingerprint density at radius 1 is 1.00 bits per heavy atom. The second kappa shape index (κ2) is 11.1. The first kappa shape index (κ1) is 25.0. The average Bonchev–Trinajstić information content (AvgIpc) is 2.92. The monoisotopic (exact) mass is 484 g/mol. The van der Waals surface area contributed by atoms with Gasteiger partial charge in [-0.2, -0.15) is 0 Å². The number of rotatable bonds is 8. The van der Waals surface area contributed by atoms with Crippen LogP contribution in [0.4, 0.5) is 10.5 Å². The quantitative estimate of drug-likeness (QED) is 0.335. The molecule has 0 aliphatic carbocycles. The molecule has 186 valence electrons. The molecule has 2 amide bonds. The van der Waals surface area contributed by atoms with E-state index >= 15 is 0 Å². The van der Waals surface area contributed by atoms with Crippen LogP contribution >= 0.6 is 0 Å². The summed E-state index contributed by atoms with van der Waals surface area (Å²) in [6.07, 6.45) is 1.48. The van der Waals surface area contributed by atoms with Gasteiger partial charge in [0, 0.05) is 6.54 Å². The Hall–Kier alpha value is -4.13. The van der Waals surface area contributed by atoms with Crippen LogP contribution in [0.1, 0.15) is 44.6 Å². The van der Waals surface area contributed by atoms with Gasteiger partial charge in [-0.05, 0) is 61.7 Å². The summed E-state index contributed by atoms with van der Waals surface area (Å²) in [5.41, 5.74) is 2.95. The van der Waals surface area contributed by atoms with E-state index in [4.69, 9.17) is 9.72 Å². The first-order valence-electron chi connectivity index (χ1n) is 12.3. The predicted molar refractivity (Wildman–Crippen MR) is 144 cm³/mol. The minimum Gasteiger partial charge on any atom is -0.495 e. The molecule has 0 bridgehead atoms. The molecule has 7 nitrogen and oxygen atoms in total. The third kappa shape index (κ3) is 4.82. The van der Waals surface area contributed by atoms with Crippen LogP contribution in [-0.4, -0.2) is 34.1 Å². The number of nitrogens with zero attached hydrogens (tertiary/aromatic N) is 3. The third-order valence-electron chi connectivity index (χ3n) is 6.42. The molecule has 0 saturated heterocycles. The number of anilines is 1. The van der Waals surface area contributed by atoms with E-state index in [9.17, 15) is 9.59 Å². The number of benzene rings is 3. The lowest BCUT2D eigenvalue weighted by Gasteiger charge is -2.31. The van der Waals surface area contributed by atoms with Gasteiger partial charge in [0.1, 0.15) is 11.6 Å². The number of para-hydroxylation sites is 3. The van der Waals surface area contributed by atoms with Crippen molar-refractivity contribution < 1.29 is 9.53 Å². The number of aryl methyl sites for hydroxylation is 1. The lowest BCUT2D eigenvalue weighted by molar-refractivity contribution is 0.185. The first-order valence-corrected chi connectivity index (χ1v) is 12.3. The molecule has 4 aromatic rings. The summed E-state index contributed by atoms with van der Waals surface area (Å²) in [5, 5.41) is 3.51. The summed E-state index contributed by atoms with van der Waals surface area (Å²) in [6.45, 7) is 6.44. The third-order valence-corrected chi connectivity index (χ3v) is 6.42. The average molecular weight is 485 g/mol. The minimum atomic E-state index is -0.437. The van der Waals surface area contributed by atoms with Crippen LogP contribution in [0, 0.1) is 0 Å². The number of hydrogen-bond acceptors (Lipinski definition) is 4. The number of amides is 2. The number of carbonyl (C=O) groups excluding carboxylic acids is 1. The fourth-order valence-electron chi connectivity index (χ4n) is 4.49. The SMILES string of the molecule is CCc1ccc(-n2c(C(CC)N(CC)C(=O)Nc3ccccc3OC)nc3ccccc3c2=O)cc1. The largest absolute Gasteiger partial charge is 0.495 e. The molecule has 1 heterocycles. The fourth-order valence-corrected chi connectivity index (χ4v) is 4.49. The number of hydrogen-bond donors (Lipinski definition) is 1. The van der Waals surface area contributed by atoms with Crippen molar-refractivity contribution in [1.29, 1.82) is 0 Å². The zero-order valence-corrected chi connectivity index (χ0v) is 21.2. The molecule has 36 heavy (non-hydrogen) atoms. The fraction of sp³-hybridized carbons (Fsp3) is 0.276. The van der Waals surface area contributed by atoms with Crippen molar-refractivity contribution in [1.82, 2.24) is 14.5 Å². The van der Waals surface area contributed by atoms with Crippen molar-refractivity contribution in [2.45, 2.75) is 39.7 Å². The minimum absolute atomic E-state index is 0.153. The smallest absolute Gasteiger partial charge is 0.322 e. The van der Waals surface area contributed by atoms with E-state index in [-0.39, 0.29) is 11.6 Å². The van der Waals surface area contributed by atoms with Crippen LogP contribution in [0.2, 0.25) is 0 Å². The molecule has 0 spiro atoms. The Labute approximate surface area is 211 Å². The molecule has 1 N–H and O–H groups in total. The molecule has 0 aliphatic rings. The summed E-state index contributed by atoms with van der Waals surface area (Å²) in [5.74, 6) is 1.11. The van der Waals surface area contributed by atoms with Crippen molar-refractivity contribution in [3.63, 3.8) is 0 Å². The van der Waals surface area contributed by atoms with Gasteiger partial charge in [-0.1, -0.05) is 50.2 Å². The van der Waals surface area contributed by atoms with Crippen LogP contribution in [0.3, 0.4) is 0 Å². The molecule has 1 aromatic heterocycles. The Morgan fingerprint density at radius 3 is 2.36 bits per heavy atom. The van der Waals surface area contributed by atoms with Crippen molar-refractivity contribution in [2.75, 3.05) is 19.0 Å². The molecular weight excluding hydrogens is 452 g/mol. The maximum atomic E-state index is 13.8. The van der Waals surface area contributed by atoms with Gasteiger partial charge in [0.2, 0.25) is 0 Å². The zero-order valence-electron chi connectivity index (χ0n) is 21.2. The Kier molecular flexibility index (Phi) is 7.68. The highest BCUT2D eigenvalue weighted by atomic mass is 16.5. The highest BCUT2D eigenvalue weighted by Crippen LogP contribution is 2.28. The van der Waals surface area contributed by atoms with Gasteiger partial charge >= 0.3 is 6.03 Å². The summed E-state index contributed by atoms with van der Waals surface area (Å²) in [6, 6.07) is 21.8. The topological polar surface area (TPSA) is 76.5 Å². The van der Waals surface area contributed by atoms with E-state index in [1.807, 2.05) is 68.4 Å². The van der Waals surface area contributed by atoms with Crippen molar-refractivity contribution in [3.05, 3.63) is 94.5 Å². The molecule has 7 heteroatoms. The molecule has 0 fully saturated rings. The maximum Gasteiger partial charge on any atom is 0.322 e. The van der Waals surface area contributed by atoms with E-state index in [1.54, 1.807) is 34.8 Å². The summed E-state index contributed by atoms with van der Waals surface area (Å²) >= 11 is 0. The van der Waals surface area contributed by atoms with E-state index in [0.29, 0.717) is 41.1 Å². The number of urea groups is 1. The summed E-state index contributed by atoms with van der Waals surface area (Å²) in [4.78, 5) is 33.9. The maximum absolute atomic E-state index is 13.8. The molecule has 0 radical (unpaired) electrons. The number of fused-ring (bicyclic) bond motifs is 1. The normalized spacial score (nSPS) is 11.8. The van der Waals surface area contributed by atoms with Crippen LogP contribution in [0.15, 0.2) is 77.6 Å². The van der Waals surface area contributed by atoms with E-state index in [2.05, 4.69) is 12.2 Å². The number of aromatic nitrogens is 2. The Balaban J connectivity index is 1.84. The standard InChI is InChI=1S/C29H32N4O3/c1-5-20-16-18-21(19-17-20)33-27(30-23-13-9-8-12-22(23)28(33)34)25(6-2)32(7-3)29(35)31-24-14-10-11-15-26(24)36-4/h8-19,25H,5-7H2,1-4H3,(H,31,35). The van der Waals surface area contributed by atoms with Gasteiger partial charge in [-0.15, -0.1) is 0 Å². The molecular formula is C29H32N4O3. The number of methoxy groups -OCH3 is 1. The molecule has 0 aliphatic heterocycles. The summed E-state index contributed by atoms with van der Waals surface area (Å²) < 4.78 is 7.05. The van der Waals surface area contributed by atoms with Gasteiger partial charge in [-0.3, -0.25) is 9.36 Å². The van der Waals surface area contributed by atoms with E-state index in [0.717, 1.165) is 12.1 Å². The zero-order chi connectivity index (χ0) is 25.7. The van der Waals surface area contributed by atoms with Crippen LogP contribution in [-0.2, 0) is 6.42 Å². The highest BCUT2D eigenvalue weighted by Gasteiger charge is 2.28. The van der Waals surface area contributed by atoms with Gasteiger partial charge in [0.15, 0.2) is 0 Å². The molecule has 0 saturated carbocycles. The van der Waals surface area contributed by atoms with Gasteiger partial charge in [-0.25, -0.2) is 9.78 Å². The van der Waals surface area contributed by atoms with Gasteiger partial charge in [0.05, 0.1) is 35.4 Å². The van der Waals surface area contributed by atoms with Crippen LogP contribution in [0.5, 0.6) is 5.75 Å². The van der Waals surface area contributed by atoms with Gasteiger partial charge in [0.25, 0.3) is 5.56 Å². The van der Waals surface area contributed by atoms with Crippen molar-refractivity contribution in [3.8, 4) is 11.4 Å². The predicted octanol–water partition coefficient (Wildman–Crippen LogP) is 5.96. The lowest BCUT2D eigenvalue weighted by Crippen LogP contribution is -2.40. The van der Waals surface area contributed by atoms with E-state index < -0.39 is 6.04 Å². The number of ether oxygens (including phenoxy) is 1. The Morgan fingerprint density at radius 2 is 1.69 bits per heavy atom. The lowest BCUT2D eigenvalue weighted by atomic mass is 10.1. The second-order valence-corrected chi connectivity index (χ2v) is 8.49. The number of carbonyl (C=O) groups is 1. The van der Waals surface area contributed by atoms with Crippen molar-refractivity contribution in [2.24, 2.45) is 0 Å². The molecule has 3 aromatic carbocycles.